The standard InChI is InChI=1S/C23H26F2N8O/c1-34-20-10-19(26-13-27-20)31-11-14-3-4-15(12-31)21(14)28-22-29-23-32(7-2-8-33(23)30-22)16-5-6-17(24)18(25)9-16/h5-6,9-10,13-15,21H,2-4,7-8,11-12H2,1H3,(H,28,30)/t14-,15+,21?. The van der Waals surface area contributed by atoms with Gasteiger partial charge in [-0.15, -0.1) is 5.10 Å². The minimum Gasteiger partial charge on any atom is -0.481 e. The lowest BCUT2D eigenvalue weighted by Gasteiger charge is -2.38. The first-order valence-electron chi connectivity index (χ1n) is 11.6. The number of piperidine rings is 1. The molecule has 3 atom stereocenters. The van der Waals surface area contributed by atoms with Crippen molar-refractivity contribution in [2.75, 3.05) is 41.9 Å². The molecule has 1 unspecified atom stereocenters. The Balaban J connectivity index is 1.20. The highest BCUT2D eigenvalue weighted by molar-refractivity contribution is 5.59. The summed E-state index contributed by atoms with van der Waals surface area (Å²) in [5, 5.41) is 8.29. The summed E-state index contributed by atoms with van der Waals surface area (Å²) >= 11 is 0. The van der Waals surface area contributed by atoms with E-state index in [4.69, 9.17) is 14.8 Å². The van der Waals surface area contributed by atoms with E-state index in [1.807, 2.05) is 15.6 Å². The summed E-state index contributed by atoms with van der Waals surface area (Å²) < 4.78 is 34.4. The molecule has 0 amide bonds. The summed E-state index contributed by atoms with van der Waals surface area (Å²) in [4.78, 5) is 17.5. The third kappa shape index (κ3) is 3.68. The molecule has 1 aromatic carbocycles. The van der Waals surface area contributed by atoms with E-state index >= 15 is 0 Å². The van der Waals surface area contributed by atoms with Gasteiger partial charge in [-0.05, 0) is 43.2 Å². The van der Waals surface area contributed by atoms with Gasteiger partial charge in [0.05, 0.1) is 7.11 Å². The molecular formula is C23H26F2N8O. The highest BCUT2D eigenvalue weighted by Crippen LogP contribution is 2.40. The van der Waals surface area contributed by atoms with E-state index < -0.39 is 11.6 Å². The lowest BCUT2D eigenvalue weighted by atomic mass is 9.92. The molecule has 1 N–H and O–H groups in total. The number of aromatic nitrogens is 5. The van der Waals surface area contributed by atoms with Crippen LogP contribution in [0.2, 0.25) is 0 Å². The van der Waals surface area contributed by atoms with Crippen LogP contribution in [0.1, 0.15) is 19.3 Å². The second-order valence-corrected chi connectivity index (χ2v) is 9.15. The maximum Gasteiger partial charge on any atom is 0.244 e. The Hall–Kier alpha value is -3.50. The van der Waals surface area contributed by atoms with Crippen molar-refractivity contribution in [2.45, 2.75) is 31.8 Å². The van der Waals surface area contributed by atoms with Crippen molar-refractivity contribution in [3.05, 3.63) is 42.2 Å². The van der Waals surface area contributed by atoms with E-state index in [9.17, 15) is 8.78 Å². The molecule has 0 spiro atoms. The molecule has 9 nitrogen and oxygen atoms in total. The van der Waals surface area contributed by atoms with Crippen LogP contribution in [0.4, 0.5) is 32.2 Å². The lowest BCUT2D eigenvalue weighted by molar-refractivity contribution is 0.372. The van der Waals surface area contributed by atoms with Crippen LogP contribution in [-0.4, -0.2) is 57.5 Å². The van der Waals surface area contributed by atoms with Gasteiger partial charge in [0.2, 0.25) is 17.8 Å². The van der Waals surface area contributed by atoms with E-state index in [-0.39, 0.29) is 6.04 Å². The molecule has 2 aromatic heterocycles. The van der Waals surface area contributed by atoms with Crippen LogP contribution in [-0.2, 0) is 6.54 Å². The second kappa shape index (κ2) is 8.37. The van der Waals surface area contributed by atoms with E-state index in [2.05, 4.69) is 20.2 Å². The molecule has 178 valence electrons. The topological polar surface area (TPSA) is 84.2 Å². The maximum absolute atomic E-state index is 13.8. The quantitative estimate of drug-likeness (QED) is 0.611. The zero-order valence-corrected chi connectivity index (χ0v) is 18.9. The van der Waals surface area contributed by atoms with Gasteiger partial charge in [-0.25, -0.2) is 23.4 Å². The van der Waals surface area contributed by atoms with Crippen LogP contribution in [0.3, 0.4) is 0 Å². The average Bonchev–Trinajstić information content (AvgIpc) is 3.36. The van der Waals surface area contributed by atoms with Gasteiger partial charge in [-0.2, -0.15) is 4.98 Å². The smallest absolute Gasteiger partial charge is 0.244 e. The summed E-state index contributed by atoms with van der Waals surface area (Å²) in [7, 11) is 1.61. The molecule has 34 heavy (non-hydrogen) atoms. The predicted molar refractivity (Wildman–Crippen MR) is 122 cm³/mol. The van der Waals surface area contributed by atoms with Gasteiger partial charge in [0.1, 0.15) is 12.1 Å². The fourth-order valence-electron chi connectivity index (χ4n) is 5.53. The zero-order chi connectivity index (χ0) is 23.2. The SMILES string of the molecule is COc1cc(N2C[C@H]3CC[C@@H](C2)C3Nc2nc3n(n2)CCCN3c2ccc(F)c(F)c2)ncn1. The molecule has 1 saturated carbocycles. The Morgan fingerprint density at radius 1 is 1.03 bits per heavy atom. The number of nitrogens with zero attached hydrogens (tertiary/aromatic N) is 7. The van der Waals surface area contributed by atoms with Crippen LogP contribution < -0.4 is 19.9 Å². The predicted octanol–water partition coefficient (Wildman–Crippen LogP) is 3.22. The minimum atomic E-state index is -0.864. The Morgan fingerprint density at radius 3 is 2.62 bits per heavy atom. The van der Waals surface area contributed by atoms with Crippen molar-refractivity contribution in [2.24, 2.45) is 11.8 Å². The third-order valence-corrected chi connectivity index (χ3v) is 7.15. The van der Waals surface area contributed by atoms with Crippen molar-refractivity contribution >= 4 is 23.4 Å². The number of nitrogens with one attached hydrogen (secondary N) is 1. The first-order chi connectivity index (χ1) is 16.6. The Kier molecular flexibility index (Phi) is 5.19. The Labute approximate surface area is 195 Å². The van der Waals surface area contributed by atoms with E-state index in [1.54, 1.807) is 19.5 Å². The Bertz CT molecular complexity index is 1190. The van der Waals surface area contributed by atoms with Crippen LogP contribution in [0, 0.1) is 23.5 Å². The molecule has 1 aliphatic carbocycles. The monoisotopic (exact) mass is 468 g/mol. The maximum atomic E-state index is 13.8. The number of ether oxygens (including phenoxy) is 1. The van der Waals surface area contributed by atoms with E-state index in [0.717, 1.165) is 50.8 Å². The molecule has 0 radical (unpaired) electrons. The minimum absolute atomic E-state index is 0.279. The average molecular weight is 469 g/mol. The number of anilines is 4. The third-order valence-electron chi connectivity index (χ3n) is 7.15. The molecule has 1 saturated heterocycles. The van der Waals surface area contributed by atoms with Gasteiger partial charge in [0.25, 0.3) is 0 Å². The Morgan fingerprint density at radius 2 is 1.85 bits per heavy atom. The van der Waals surface area contributed by atoms with E-state index in [1.165, 1.54) is 6.07 Å². The van der Waals surface area contributed by atoms with Gasteiger partial charge >= 0.3 is 0 Å². The van der Waals surface area contributed by atoms with Crippen molar-refractivity contribution in [1.29, 1.82) is 0 Å². The number of benzene rings is 1. The first kappa shape index (κ1) is 21.1. The largest absolute Gasteiger partial charge is 0.481 e. The fraction of sp³-hybridized carbons (Fsp3) is 0.478. The van der Waals surface area contributed by atoms with Crippen LogP contribution in [0.5, 0.6) is 5.88 Å². The molecule has 3 aromatic rings. The number of hydrogen-bond acceptors (Lipinski definition) is 8. The van der Waals surface area contributed by atoms with Crippen LogP contribution in [0.25, 0.3) is 0 Å². The number of fused-ring (bicyclic) bond motifs is 3. The molecule has 6 rings (SSSR count). The number of halogens is 2. The molecule has 2 bridgehead atoms. The molecule has 11 heteroatoms. The van der Waals surface area contributed by atoms with Crippen LogP contribution >= 0.6 is 0 Å². The second-order valence-electron chi connectivity index (χ2n) is 9.15. The summed E-state index contributed by atoms with van der Waals surface area (Å²) in [5.74, 6) is 1.87. The van der Waals surface area contributed by atoms with E-state index in [0.29, 0.717) is 41.8 Å². The fourth-order valence-corrected chi connectivity index (χ4v) is 5.53. The highest BCUT2D eigenvalue weighted by Gasteiger charge is 2.43. The highest BCUT2D eigenvalue weighted by atomic mass is 19.2. The summed E-state index contributed by atoms with van der Waals surface area (Å²) in [5.41, 5.74) is 0.576. The number of methoxy groups -OCH3 is 1. The molecule has 2 fully saturated rings. The summed E-state index contributed by atoms with van der Waals surface area (Å²) in [6.45, 7) is 3.20. The lowest BCUT2D eigenvalue weighted by Crippen LogP contribution is -2.48. The number of hydrogen-bond donors (Lipinski definition) is 1. The van der Waals surface area contributed by atoms with Crippen molar-refractivity contribution < 1.29 is 13.5 Å². The van der Waals surface area contributed by atoms with Crippen molar-refractivity contribution in [3.8, 4) is 5.88 Å². The number of aryl methyl sites for hydroxylation is 1. The van der Waals surface area contributed by atoms with Gasteiger partial charge in [-0.3, -0.25) is 0 Å². The summed E-state index contributed by atoms with van der Waals surface area (Å²) in [6.07, 6.45) is 4.66. The normalized spacial score (nSPS) is 23.7. The van der Waals surface area contributed by atoms with Gasteiger partial charge in [0, 0.05) is 50.0 Å². The van der Waals surface area contributed by atoms with Gasteiger partial charge < -0.3 is 19.9 Å². The summed E-state index contributed by atoms with van der Waals surface area (Å²) in [6, 6.07) is 6.10. The van der Waals surface area contributed by atoms with Gasteiger partial charge in [0.15, 0.2) is 11.6 Å². The molecule has 2 aliphatic heterocycles. The number of rotatable bonds is 5. The van der Waals surface area contributed by atoms with Crippen LogP contribution in [0.15, 0.2) is 30.6 Å². The molecule has 3 aliphatic rings. The van der Waals surface area contributed by atoms with Crippen molar-refractivity contribution in [3.63, 3.8) is 0 Å². The van der Waals surface area contributed by atoms with Crippen molar-refractivity contribution in [1.82, 2.24) is 24.7 Å². The zero-order valence-electron chi connectivity index (χ0n) is 18.9. The first-order valence-corrected chi connectivity index (χ1v) is 11.6. The molecule has 4 heterocycles. The van der Waals surface area contributed by atoms with Gasteiger partial charge in [-0.1, -0.05) is 0 Å². The molecular weight excluding hydrogens is 442 g/mol.